The summed E-state index contributed by atoms with van der Waals surface area (Å²) in [4.78, 5) is 13.7. The zero-order valence-electron chi connectivity index (χ0n) is 21.4. The van der Waals surface area contributed by atoms with Crippen LogP contribution in [0.15, 0.2) is 18.2 Å². The molecule has 4 aliphatic carbocycles. The number of fused-ring (bicyclic) bond motifs is 6. The SMILES string of the molecule is Cc1ccc2nnn(CC(=O)[C@H]3CC[C@H]4[C@@H]5CC[C@@H]6C[C@](C)(O)CC[C@]6(C)[C@H]5CC[C@]34C)c2c1. The van der Waals surface area contributed by atoms with Crippen molar-refractivity contribution < 1.29 is 9.90 Å². The average molecular weight is 464 g/mol. The molecule has 5 heteroatoms. The third-order valence-electron chi connectivity index (χ3n) is 11.3. The van der Waals surface area contributed by atoms with Gasteiger partial charge >= 0.3 is 0 Å². The molecule has 2 aromatic rings. The molecule has 184 valence electrons. The highest BCUT2D eigenvalue weighted by Gasteiger charge is 2.61. The maximum absolute atomic E-state index is 13.7. The van der Waals surface area contributed by atoms with Crippen LogP contribution < -0.4 is 0 Å². The Balaban J connectivity index is 1.22. The van der Waals surface area contributed by atoms with Crippen molar-refractivity contribution in [3.05, 3.63) is 23.8 Å². The number of ketones is 1. The Hall–Kier alpha value is -1.75. The zero-order valence-corrected chi connectivity index (χ0v) is 21.4. The van der Waals surface area contributed by atoms with Gasteiger partial charge in [0, 0.05) is 5.92 Å². The molecule has 5 nitrogen and oxygen atoms in total. The largest absolute Gasteiger partial charge is 0.390 e. The maximum Gasteiger partial charge on any atom is 0.157 e. The molecule has 0 saturated heterocycles. The van der Waals surface area contributed by atoms with Gasteiger partial charge in [-0.1, -0.05) is 25.1 Å². The Kier molecular flexibility index (Phi) is 5.09. The molecule has 0 aliphatic heterocycles. The summed E-state index contributed by atoms with van der Waals surface area (Å²) < 4.78 is 1.83. The lowest BCUT2D eigenvalue weighted by molar-refractivity contribution is -0.151. The molecule has 1 heterocycles. The van der Waals surface area contributed by atoms with E-state index in [1.54, 1.807) is 0 Å². The minimum atomic E-state index is -0.477. The van der Waals surface area contributed by atoms with E-state index in [9.17, 15) is 9.90 Å². The molecule has 34 heavy (non-hydrogen) atoms. The predicted molar refractivity (Wildman–Crippen MR) is 133 cm³/mol. The lowest BCUT2D eigenvalue weighted by Gasteiger charge is -2.61. The van der Waals surface area contributed by atoms with E-state index in [1.165, 1.54) is 37.7 Å². The molecule has 4 fully saturated rings. The Labute approximate surface area is 203 Å². The van der Waals surface area contributed by atoms with Gasteiger partial charge in [-0.2, -0.15) is 0 Å². The van der Waals surface area contributed by atoms with Gasteiger partial charge in [-0.25, -0.2) is 4.68 Å². The lowest BCUT2D eigenvalue weighted by atomic mass is 9.44. The van der Waals surface area contributed by atoms with E-state index in [0.29, 0.717) is 29.6 Å². The Morgan fingerprint density at radius 1 is 1.03 bits per heavy atom. The normalized spacial score (nSPS) is 43.9. The molecule has 0 unspecified atom stereocenters. The van der Waals surface area contributed by atoms with Gasteiger partial charge in [0.05, 0.1) is 11.1 Å². The highest BCUT2D eigenvalue weighted by Crippen LogP contribution is 2.68. The summed E-state index contributed by atoms with van der Waals surface area (Å²) in [6.45, 7) is 9.44. The standard InChI is InChI=1S/C29H41N3O2/c1-18-5-10-24-25(15-18)32(31-30-24)17-26(33)23-9-8-21-20-7-6-19-16-27(2,34)13-14-28(19,3)22(20)11-12-29(21,23)4/h5,10,15,19-23,34H,6-9,11-14,16-17H2,1-4H3/t19-,20+,21+,22+,23-,27-,28+,29+/m1/s1. The quantitative estimate of drug-likeness (QED) is 0.632. The predicted octanol–water partition coefficient (Wildman–Crippen LogP) is 5.72. The van der Waals surface area contributed by atoms with Crippen molar-refractivity contribution in [2.75, 3.05) is 0 Å². The second-order valence-corrected chi connectivity index (χ2v) is 13.2. The number of hydrogen-bond donors (Lipinski definition) is 1. The molecule has 0 bridgehead atoms. The van der Waals surface area contributed by atoms with E-state index in [4.69, 9.17) is 0 Å². The second kappa shape index (κ2) is 7.62. The molecule has 4 aliphatic rings. The number of benzene rings is 1. The summed E-state index contributed by atoms with van der Waals surface area (Å²) in [7, 11) is 0. The van der Waals surface area contributed by atoms with Gasteiger partial charge in [0.1, 0.15) is 12.1 Å². The Morgan fingerprint density at radius 2 is 1.82 bits per heavy atom. The van der Waals surface area contributed by atoms with Crippen molar-refractivity contribution in [1.29, 1.82) is 0 Å². The van der Waals surface area contributed by atoms with Gasteiger partial charge in [0.25, 0.3) is 0 Å². The van der Waals surface area contributed by atoms with Crippen molar-refractivity contribution in [2.45, 2.75) is 97.6 Å². The number of nitrogens with zero attached hydrogens (tertiary/aromatic N) is 3. The molecule has 8 atom stereocenters. The van der Waals surface area contributed by atoms with Crippen molar-refractivity contribution in [3.63, 3.8) is 0 Å². The fraction of sp³-hybridized carbons (Fsp3) is 0.759. The monoisotopic (exact) mass is 463 g/mol. The van der Waals surface area contributed by atoms with E-state index in [0.717, 1.165) is 48.6 Å². The summed E-state index contributed by atoms with van der Waals surface area (Å²) in [6.07, 6.45) is 10.3. The van der Waals surface area contributed by atoms with Crippen LogP contribution in [0.2, 0.25) is 0 Å². The number of carbonyl (C=O) groups excluding carboxylic acids is 1. The van der Waals surface area contributed by atoms with Crippen LogP contribution in [0.25, 0.3) is 11.0 Å². The van der Waals surface area contributed by atoms with Crippen LogP contribution in [0.4, 0.5) is 0 Å². The fourth-order valence-electron chi connectivity index (χ4n) is 9.41. The van der Waals surface area contributed by atoms with Crippen LogP contribution in [0.5, 0.6) is 0 Å². The van der Waals surface area contributed by atoms with Crippen LogP contribution in [0.1, 0.15) is 84.1 Å². The molecule has 1 aromatic heterocycles. The number of aromatic nitrogens is 3. The molecule has 0 radical (unpaired) electrons. The first-order valence-electron chi connectivity index (χ1n) is 13.7. The van der Waals surface area contributed by atoms with Crippen LogP contribution in [-0.4, -0.2) is 31.5 Å². The van der Waals surface area contributed by atoms with Crippen LogP contribution in [-0.2, 0) is 11.3 Å². The minimum absolute atomic E-state index is 0.119. The molecule has 1 aromatic carbocycles. The van der Waals surface area contributed by atoms with E-state index >= 15 is 0 Å². The van der Waals surface area contributed by atoms with Crippen LogP contribution >= 0.6 is 0 Å². The average Bonchev–Trinajstić information content (AvgIpc) is 3.34. The van der Waals surface area contributed by atoms with Crippen molar-refractivity contribution in [1.82, 2.24) is 15.0 Å². The van der Waals surface area contributed by atoms with Gasteiger partial charge in [-0.05, 0) is 124 Å². The van der Waals surface area contributed by atoms with Crippen molar-refractivity contribution in [2.24, 2.45) is 40.4 Å². The first-order valence-corrected chi connectivity index (χ1v) is 13.7. The van der Waals surface area contributed by atoms with Gasteiger partial charge in [-0.15, -0.1) is 5.10 Å². The molecule has 0 amide bonds. The van der Waals surface area contributed by atoms with E-state index in [-0.39, 0.29) is 11.3 Å². The fourth-order valence-corrected chi connectivity index (χ4v) is 9.41. The van der Waals surface area contributed by atoms with Crippen molar-refractivity contribution in [3.8, 4) is 0 Å². The Morgan fingerprint density at radius 3 is 2.65 bits per heavy atom. The lowest BCUT2D eigenvalue weighted by Crippen LogP contribution is -2.55. The molecule has 4 saturated carbocycles. The number of aliphatic hydroxyl groups is 1. The molecular weight excluding hydrogens is 422 g/mol. The zero-order chi connectivity index (χ0) is 23.9. The summed E-state index contributed by atoms with van der Waals surface area (Å²) in [6, 6.07) is 6.13. The Bertz CT molecular complexity index is 1120. The summed E-state index contributed by atoms with van der Waals surface area (Å²) >= 11 is 0. The highest BCUT2D eigenvalue weighted by atomic mass is 16.3. The third-order valence-corrected chi connectivity index (χ3v) is 11.3. The topological polar surface area (TPSA) is 68.0 Å². The number of rotatable bonds is 3. The van der Waals surface area contributed by atoms with Crippen LogP contribution in [0.3, 0.4) is 0 Å². The molecule has 1 N–H and O–H groups in total. The van der Waals surface area contributed by atoms with Gasteiger partial charge in [0.2, 0.25) is 0 Å². The summed E-state index contributed by atoms with van der Waals surface area (Å²) in [5.74, 6) is 3.32. The van der Waals surface area contributed by atoms with Crippen LogP contribution in [0, 0.1) is 47.3 Å². The van der Waals surface area contributed by atoms with Gasteiger partial charge in [0.15, 0.2) is 5.78 Å². The van der Waals surface area contributed by atoms with Gasteiger partial charge in [-0.3, -0.25) is 4.79 Å². The summed E-state index contributed by atoms with van der Waals surface area (Å²) in [5.41, 5.74) is 3.01. The smallest absolute Gasteiger partial charge is 0.157 e. The van der Waals surface area contributed by atoms with E-state index in [1.807, 2.05) is 23.7 Å². The number of hydrogen-bond acceptors (Lipinski definition) is 4. The second-order valence-electron chi connectivity index (χ2n) is 13.2. The first kappa shape index (κ1) is 22.7. The van der Waals surface area contributed by atoms with Gasteiger partial charge < -0.3 is 5.11 Å². The molecule has 0 spiro atoms. The van der Waals surface area contributed by atoms with Crippen molar-refractivity contribution >= 4 is 16.8 Å². The first-order chi connectivity index (χ1) is 16.1. The number of aryl methyl sites for hydroxylation is 1. The van der Waals surface area contributed by atoms with E-state index in [2.05, 4.69) is 37.1 Å². The molecular formula is C29H41N3O2. The minimum Gasteiger partial charge on any atom is -0.390 e. The third kappa shape index (κ3) is 3.32. The van der Waals surface area contributed by atoms with E-state index < -0.39 is 5.60 Å². The maximum atomic E-state index is 13.7. The number of carbonyl (C=O) groups is 1. The highest BCUT2D eigenvalue weighted by molar-refractivity contribution is 5.84. The number of Topliss-reactive ketones (excluding diaryl/α,β-unsaturated/α-hetero) is 1. The molecule has 6 rings (SSSR count). The summed E-state index contributed by atoms with van der Waals surface area (Å²) in [5, 5.41) is 19.4.